The standard InChI is InChI=1S/C9H14BrN3O/c1-9(2,14)5-3-6(10)8(13-12)7(11)4-5/h3-4,13-14H,11-12H2,1-2H3. The van der Waals surface area contributed by atoms with Crippen LogP contribution in [0.15, 0.2) is 16.6 Å². The Balaban J connectivity index is 3.28. The third kappa shape index (κ3) is 2.17. The molecule has 0 radical (unpaired) electrons. The Morgan fingerprint density at radius 2 is 2.00 bits per heavy atom. The quantitative estimate of drug-likeness (QED) is 0.369. The number of hydrogen-bond acceptors (Lipinski definition) is 4. The third-order valence-electron chi connectivity index (χ3n) is 1.97. The largest absolute Gasteiger partial charge is 0.397 e. The highest BCUT2D eigenvalue weighted by molar-refractivity contribution is 9.10. The maximum Gasteiger partial charge on any atom is 0.0860 e. The van der Waals surface area contributed by atoms with Gasteiger partial charge in [-0.25, -0.2) is 0 Å². The van der Waals surface area contributed by atoms with Gasteiger partial charge in [0.1, 0.15) is 0 Å². The van der Waals surface area contributed by atoms with Crippen LogP contribution in [0.2, 0.25) is 0 Å². The molecular formula is C9H14BrN3O. The number of rotatable bonds is 2. The number of halogens is 1. The van der Waals surface area contributed by atoms with Crippen LogP contribution in [-0.4, -0.2) is 5.11 Å². The predicted molar refractivity (Wildman–Crippen MR) is 61.6 cm³/mol. The second-order valence-corrected chi connectivity index (χ2v) is 4.48. The van der Waals surface area contributed by atoms with E-state index >= 15 is 0 Å². The lowest BCUT2D eigenvalue weighted by atomic mass is 9.97. The van der Waals surface area contributed by atoms with E-state index < -0.39 is 5.60 Å². The van der Waals surface area contributed by atoms with E-state index in [1.807, 2.05) is 0 Å². The fourth-order valence-corrected chi connectivity index (χ4v) is 1.72. The third-order valence-corrected chi connectivity index (χ3v) is 2.60. The minimum absolute atomic E-state index is 0.499. The maximum absolute atomic E-state index is 9.77. The molecule has 0 aliphatic carbocycles. The van der Waals surface area contributed by atoms with Gasteiger partial charge in [-0.1, -0.05) is 0 Å². The van der Waals surface area contributed by atoms with Gasteiger partial charge < -0.3 is 16.3 Å². The molecule has 14 heavy (non-hydrogen) atoms. The monoisotopic (exact) mass is 259 g/mol. The SMILES string of the molecule is CC(C)(O)c1cc(N)c(NN)c(Br)c1. The second kappa shape index (κ2) is 3.76. The zero-order valence-electron chi connectivity index (χ0n) is 8.13. The van der Waals surface area contributed by atoms with Crippen LogP contribution in [0.3, 0.4) is 0 Å². The van der Waals surface area contributed by atoms with Crippen LogP contribution in [0.1, 0.15) is 19.4 Å². The van der Waals surface area contributed by atoms with E-state index in [4.69, 9.17) is 11.6 Å². The number of nitrogen functional groups attached to an aromatic ring is 2. The van der Waals surface area contributed by atoms with Gasteiger partial charge in [0, 0.05) is 4.47 Å². The highest BCUT2D eigenvalue weighted by atomic mass is 79.9. The number of aliphatic hydroxyl groups is 1. The lowest BCUT2D eigenvalue weighted by Gasteiger charge is -2.20. The van der Waals surface area contributed by atoms with Crippen molar-refractivity contribution < 1.29 is 5.11 Å². The first-order chi connectivity index (χ1) is 6.36. The molecular weight excluding hydrogens is 246 g/mol. The van der Waals surface area contributed by atoms with Crippen molar-refractivity contribution in [3.8, 4) is 0 Å². The van der Waals surface area contributed by atoms with Crippen molar-refractivity contribution in [2.45, 2.75) is 19.4 Å². The van der Waals surface area contributed by atoms with Crippen molar-refractivity contribution >= 4 is 27.3 Å². The molecule has 0 spiro atoms. The van der Waals surface area contributed by atoms with Gasteiger partial charge in [-0.3, -0.25) is 5.84 Å². The van der Waals surface area contributed by atoms with E-state index in [0.29, 0.717) is 11.4 Å². The number of nitrogens with one attached hydrogen (secondary N) is 1. The molecule has 1 aromatic rings. The summed E-state index contributed by atoms with van der Waals surface area (Å²) in [5.41, 5.74) is 9.18. The highest BCUT2D eigenvalue weighted by Gasteiger charge is 2.18. The van der Waals surface area contributed by atoms with E-state index in [1.54, 1.807) is 26.0 Å². The Bertz CT molecular complexity index is 323. The van der Waals surface area contributed by atoms with Crippen LogP contribution in [0.4, 0.5) is 11.4 Å². The van der Waals surface area contributed by atoms with E-state index in [-0.39, 0.29) is 0 Å². The van der Waals surface area contributed by atoms with Gasteiger partial charge in [0.05, 0.1) is 17.0 Å². The second-order valence-electron chi connectivity index (χ2n) is 3.63. The van der Waals surface area contributed by atoms with E-state index in [0.717, 1.165) is 10.0 Å². The number of hydrogen-bond donors (Lipinski definition) is 4. The van der Waals surface area contributed by atoms with Gasteiger partial charge in [0.2, 0.25) is 0 Å². The molecule has 0 fully saturated rings. The summed E-state index contributed by atoms with van der Waals surface area (Å²) in [6.45, 7) is 3.40. The van der Waals surface area contributed by atoms with Crippen LogP contribution in [0, 0.1) is 0 Å². The Labute approximate surface area is 91.4 Å². The molecule has 1 rings (SSSR count). The van der Waals surface area contributed by atoms with Crippen molar-refractivity contribution in [2.24, 2.45) is 5.84 Å². The topological polar surface area (TPSA) is 84.3 Å². The highest BCUT2D eigenvalue weighted by Crippen LogP contribution is 2.33. The van der Waals surface area contributed by atoms with Crippen molar-refractivity contribution in [1.29, 1.82) is 0 Å². The zero-order chi connectivity index (χ0) is 10.9. The Kier molecular flexibility index (Phi) is 3.04. The van der Waals surface area contributed by atoms with Crippen molar-refractivity contribution in [2.75, 3.05) is 11.2 Å². The molecule has 5 heteroatoms. The van der Waals surface area contributed by atoms with Gasteiger partial charge in [-0.15, -0.1) is 0 Å². The number of benzene rings is 1. The number of hydrazine groups is 1. The van der Waals surface area contributed by atoms with Crippen LogP contribution in [-0.2, 0) is 5.60 Å². The van der Waals surface area contributed by atoms with Crippen LogP contribution >= 0.6 is 15.9 Å². The average Bonchev–Trinajstić information content (AvgIpc) is 2.01. The minimum atomic E-state index is -0.913. The van der Waals surface area contributed by atoms with Crippen molar-refractivity contribution in [3.05, 3.63) is 22.2 Å². The van der Waals surface area contributed by atoms with Gasteiger partial charge in [0.25, 0.3) is 0 Å². The molecule has 1 aromatic carbocycles. The normalized spacial score (nSPS) is 11.5. The van der Waals surface area contributed by atoms with Gasteiger partial charge in [0.15, 0.2) is 0 Å². The molecule has 4 nitrogen and oxygen atoms in total. The van der Waals surface area contributed by atoms with Crippen LogP contribution in [0.25, 0.3) is 0 Å². The summed E-state index contributed by atoms with van der Waals surface area (Å²) in [5, 5.41) is 9.77. The summed E-state index contributed by atoms with van der Waals surface area (Å²) < 4.78 is 0.733. The van der Waals surface area contributed by atoms with Gasteiger partial charge in [-0.2, -0.15) is 0 Å². The van der Waals surface area contributed by atoms with Crippen molar-refractivity contribution in [1.82, 2.24) is 0 Å². The van der Waals surface area contributed by atoms with Gasteiger partial charge in [-0.05, 0) is 47.5 Å². The summed E-state index contributed by atoms with van der Waals surface area (Å²) in [5.74, 6) is 5.29. The van der Waals surface area contributed by atoms with E-state index in [1.165, 1.54) is 0 Å². The fourth-order valence-electron chi connectivity index (χ4n) is 1.13. The lowest BCUT2D eigenvalue weighted by Crippen LogP contribution is -2.17. The summed E-state index contributed by atoms with van der Waals surface area (Å²) >= 11 is 3.32. The molecule has 0 aromatic heterocycles. The number of nitrogens with two attached hydrogens (primary N) is 2. The molecule has 78 valence electrons. The summed E-state index contributed by atoms with van der Waals surface area (Å²) in [4.78, 5) is 0. The molecule has 0 saturated heterocycles. The molecule has 0 heterocycles. The molecule has 0 saturated carbocycles. The minimum Gasteiger partial charge on any atom is -0.397 e. The Morgan fingerprint density at radius 3 is 2.36 bits per heavy atom. The lowest BCUT2D eigenvalue weighted by molar-refractivity contribution is 0.0786. The first-order valence-corrected chi connectivity index (χ1v) is 4.94. The average molecular weight is 260 g/mol. The molecule has 0 bridgehead atoms. The summed E-state index contributed by atoms with van der Waals surface area (Å²) in [6, 6.07) is 3.48. The van der Waals surface area contributed by atoms with Crippen LogP contribution < -0.4 is 17.0 Å². The molecule has 6 N–H and O–H groups in total. The van der Waals surface area contributed by atoms with Gasteiger partial charge >= 0.3 is 0 Å². The van der Waals surface area contributed by atoms with E-state index in [2.05, 4.69) is 21.4 Å². The molecule has 0 amide bonds. The first kappa shape index (κ1) is 11.3. The Morgan fingerprint density at radius 1 is 1.43 bits per heavy atom. The zero-order valence-corrected chi connectivity index (χ0v) is 9.72. The van der Waals surface area contributed by atoms with E-state index in [9.17, 15) is 5.11 Å². The molecule has 0 unspecified atom stereocenters. The molecule has 0 atom stereocenters. The van der Waals surface area contributed by atoms with Crippen molar-refractivity contribution in [3.63, 3.8) is 0 Å². The fraction of sp³-hybridized carbons (Fsp3) is 0.333. The van der Waals surface area contributed by atoms with Crippen LogP contribution in [0.5, 0.6) is 0 Å². The molecule has 0 aliphatic rings. The molecule has 0 aliphatic heterocycles. The Hall–Kier alpha value is -0.780. The predicted octanol–water partition coefficient (Wildman–Crippen LogP) is 1.54. The number of anilines is 2. The summed E-state index contributed by atoms with van der Waals surface area (Å²) in [6.07, 6.45) is 0. The first-order valence-electron chi connectivity index (χ1n) is 4.14. The maximum atomic E-state index is 9.77. The summed E-state index contributed by atoms with van der Waals surface area (Å²) in [7, 11) is 0. The smallest absolute Gasteiger partial charge is 0.0860 e.